The number of carbonyl (C=O) groups is 1. The van der Waals surface area contributed by atoms with E-state index in [-0.39, 0.29) is 5.91 Å². The van der Waals surface area contributed by atoms with Crippen molar-refractivity contribution in [2.45, 2.75) is 31.8 Å². The van der Waals surface area contributed by atoms with Crippen LogP contribution in [0, 0.1) is 0 Å². The zero-order chi connectivity index (χ0) is 14.6. The Bertz CT molecular complexity index is 445. The first kappa shape index (κ1) is 15.0. The van der Waals surface area contributed by atoms with Gasteiger partial charge in [0, 0.05) is 19.6 Å². The van der Waals surface area contributed by atoms with Crippen molar-refractivity contribution in [3.8, 4) is 0 Å². The van der Waals surface area contributed by atoms with Crippen LogP contribution in [0.5, 0.6) is 0 Å². The number of rotatable bonds is 5. The second-order valence-corrected chi connectivity index (χ2v) is 6.07. The number of benzene rings is 1. The Morgan fingerprint density at radius 3 is 2.75 bits per heavy atom. The van der Waals surface area contributed by atoms with Crippen LogP contribution in [0.15, 0.2) is 30.3 Å². The number of hydrogen-bond acceptors (Lipinski definition) is 3. The van der Waals surface area contributed by atoms with Crippen LogP contribution in [-0.4, -0.2) is 47.7 Å². The van der Waals surface area contributed by atoms with Crippen LogP contribution < -0.4 is 5.32 Å². The first-order valence-corrected chi connectivity index (χ1v) is 7.23. The van der Waals surface area contributed by atoms with E-state index in [4.69, 9.17) is 0 Å². The van der Waals surface area contributed by atoms with Crippen molar-refractivity contribution in [1.29, 1.82) is 0 Å². The SMILES string of the molecule is CC(CNC(=O)CN1CCC(C)(O)C1)c1ccccc1. The summed E-state index contributed by atoms with van der Waals surface area (Å²) in [6.07, 6.45) is 0.737. The number of β-amino-alcohol motifs (C(OH)–C–C–N with tert-alkyl or cyclic N) is 1. The summed E-state index contributed by atoms with van der Waals surface area (Å²) in [7, 11) is 0. The Morgan fingerprint density at radius 2 is 2.15 bits per heavy atom. The number of aliphatic hydroxyl groups is 1. The van der Waals surface area contributed by atoms with Gasteiger partial charge in [0.1, 0.15) is 0 Å². The van der Waals surface area contributed by atoms with E-state index in [0.29, 0.717) is 25.6 Å². The molecule has 0 radical (unpaired) electrons. The van der Waals surface area contributed by atoms with E-state index < -0.39 is 5.60 Å². The molecule has 1 aliphatic heterocycles. The molecule has 1 fully saturated rings. The minimum Gasteiger partial charge on any atom is -0.389 e. The minimum absolute atomic E-state index is 0.0329. The predicted octanol–water partition coefficient (Wildman–Crippen LogP) is 1.36. The van der Waals surface area contributed by atoms with Gasteiger partial charge in [-0.1, -0.05) is 37.3 Å². The minimum atomic E-state index is -0.641. The summed E-state index contributed by atoms with van der Waals surface area (Å²) in [5.74, 6) is 0.340. The van der Waals surface area contributed by atoms with E-state index in [1.807, 2.05) is 30.0 Å². The van der Waals surface area contributed by atoms with E-state index in [9.17, 15) is 9.90 Å². The van der Waals surface area contributed by atoms with Crippen molar-refractivity contribution in [1.82, 2.24) is 10.2 Å². The molecule has 0 saturated carbocycles. The normalized spacial score (nSPS) is 24.6. The first-order chi connectivity index (χ1) is 9.46. The maximum absolute atomic E-state index is 11.9. The van der Waals surface area contributed by atoms with Crippen LogP contribution in [-0.2, 0) is 4.79 Å². The largest absolute Gasteiger partial charge is 0.389 e. The summed E-state index contributed by atoms with van der Waals surface area (Å²) in [5.41, 5.74) is 0.592. The lowest BCUT2D eigenvalue weighted by molar-refractivity contribution is -0.122. The third kappa shape index (κ3) is 4.32. The molecule has 2 N–H and O–H groups in total. The molecule has 1 amide bonds. The van der Waals surface area contributed by atoms with Crippen LogP contribution in [0.3, 0.4) is 0 Å². The van der Waals surface area contributed by atoms with Gasteiger partial charge in [-0.3, -0.25) is 9.69 Å². The van der Waals surface area contributed by atoms with Crippen molar-refractivity contribution < 1.29 is 9.90 Å². The molecule has 1 saturated heterocycles. The van der Waals surface area contributed by atoms with Crippen LogP contribution in [0.1, 0.15) is 31.7 Å². The van der Waals surface area contributed by atoms with Crippen molar-refractivity contribution >= 4 is 5.91 Å². The lowest BCUT2D eigenvalue weighted by atomic mass is 10.0. The molecule has 20 heavy (non-hydrogen) atoms. The van der Waals surface area contributed by atoms with Crippen molar-refractivity contribution in [2.75, 3.05) is 26.2 Å². The number of nitrogens with zero attached hydrogens (tertiary/aromatic N) is 1. The standard InChI is InChI=1S/C16H24N2O2/c1-13(14-6-4-3-5-7-14)10-17-15(19)11-18-9-8-16(2,20)12-18/h3-7,13,20H,8-12H2,1-2H3,(H,17,19). The van der Waals surface area contributed by atoms with Crippen molar-refractivity contribution in [3.63, 3.8) is 0 Å². The number of nitrogens with one attached hydrogen (secondary N) is 1. The molecule has 1 aliphatic rings. The fourth-order valence-electron chi connectivity index (χ4n) is 2.60. The molecule has 0 aliphatic carbocycles. The van der Waals surface area contributed by atoms with Gasteiger partial charge in [-0.25, -0.2) is 0 Å². The van der Waals surface area contributed by atoms with Gasteiger partial charge in [0.05, 0.1) is 12.1 Å². The maximum Gasteiger partial charge on any atom is 0.234 e. The summed E-state index contributed by atoms with van der Waals surface area (Å²) < 4.78 is 0. The molecular weight excluding hydrogens is 252 g/mol. The molecule has 110 valence electrons. The molecule has 4 nitrogen and oxygen atoms in total. The number of likely N-dealkylation sites (tertiary alicyclic amines) is 1. The molecule has 0 aromatic heterocycles. The van der Waals surface area contributed by atoms with E-state index in [1.54, 1.807) is 0 Å². The highest BCUT2D eigenvalue weighted by Gasteiger charge is 2.31. The van der Waals surface area contributed by atoms with E-state index in [2.05, 4.69) is 24.4 Å². The first-order valence-electron chi connectivity index (χ1n) is 7.23. The van der Waals surface area contributed by atoms with Gasteiger partial charge in [-0.15, -0.1) is 0 Å². The molecule has 4 heteroatoms. The second kappa shape index (κ2) is 6.37. The molecule has 1 aromatic carbocycles. The Balaban J connectivity index is 1.73. The summed E-state index contributed by atoms with van der Waals surface area (Å²) in [6, 6.07) is 10.2. The molecule has 2 atom stereocenters. The van der Waals surface area contributed by atoms with E-state index in [1.165, 1.54) is 5.56 Å². The zero-order valence-electron chi connectivity index (χ0n) is 12.3. The summed E-state index contributed by atoms with van der Waals surface area (Å²) in [5, 5.41) is 12.8. The van der Waals surface area contributed by atoms with Gasteiger partial charge >= 0.3 is 0 Å². The Morgan fingerprint density at radius 1 is 1.45 bits per heavy atom. The van der Waals surface area contributed by atoms with Gasteiger partial charge in [-0.05, 0) is 24.8 Å². The highest BCUT2D eigenvalue weighted by atomic mass is 16.3. The fraction of sp³-hybridized carbons (Fsp3) is 0.562. The van der Waals surface area contributed by atoms with Gasteiger partial charge in [-0.2, -0.15) is 0 Å². The van der Waals surface area contributed by atoms with Crippen LogP contribution in [0.2, 0.25) is 0 Å². The number of carbonyl (C=O) groups excluding carboxylic acids is 1. The zero-order valence-corrected chi connectivity index (χ0v) is 12.3. The number of amides is 1. The lowest BCUT2D eigenvalue weighted by Crippen LogP contribution is -2.39. The molecule has 0 bridgehead atoms. The second-order valence-electron chi connectivity index (χ2n) is 6.07. The Labute approximate surface area is 120 Å². The topological polar surface area (TPSA) is 52.6 Å². The van der Waals surface area contributed by atoms with Gasteiger partial charge in [0.2, 0.25) is 5.91 Å². The van der Waals surface area contributed by atoms with E-state index >= 15 is 0 Å². The molecule has 1 heterocycles. The Hall–Kier alpha value is -1.39. The third-order valence-corrected chi connectivity index (χ3v) is 3.87. The summed E-state index contributed by atoms with van der Waals surface area (Å²) in [4.78, 5) is 13.9. The van der Waals surface area contributed by atoms with Gasteiger partial charge in [0.25, 0.3) is 0 Å². The number of hydrogen-bond donors (Lipinski definition) is 2. The van der Waals surface area contributed by atoms with Crippen molar-refractivity contribution in [2.24, 2.45) is 0 Å². The molecule has 2 unspecified atom stereocenters. The molecular formula is C16H24N2O2. The molecule has 1 aromatic rings. The third-order valence-electron chi connectivity index (χ3n) is 3.87. The van der Waals surface area contributed by atoms with Crippen LogP contribution in [0.4, 0.5) is 0 Å². The summed E-state index contributed by atoms with van der Waals surface area (Å²) in [6.45, 7) is 6.31. The Kier molecular flexibility index (Phi) is 4.78. The highest BCUT2D eigenvalue weighted by molar-refractivity contribution is 5.78. The van der Waals surface area contributed by atoms with Gasteiger partial charge in [0.15, 0.2) is 0 Å². The smallest absolute Gasteiger partial charge is 0.234 e. The van der Waals surface area contributed by atoms with E-state index in [0.717, 1.165) is 13.0 Å². The van der Waals surface area contributed by atoms with Crippen LogP contribution in [0.25, 0.3) is 0 Å². The maximum atomic E-state index is 11.9. The molecule has 2 rings (SSSR count). The highest BCUT2D eigenvalue weighted by Crippen LogP contribution is 2.19. The lowest BCUT2D eigenvalue weighted by Gasteiger charge is -2.19. The summed E-state index contributed by atoms with van der Waals surface area (Å²) >= 11 is 0. The fourth-order valence-corrected chi connectivity index (χ4v) is 2.60. The van der Waals surface area contributed by atoms with Crippen LogP contribution >= 0.6 is 0 Å². The van der Waals surface area contributed by atoms with Gasteiger partial charge < -0.3 is 10.4 Å². The van der Waals surface area contributed by atoms with Crippen molar-refractivity contribution in [3.05, 3.63) is 35.9 Å². The predicted molar refractivity (Wildman–Crippen MR) is 79.5 cm³/mol. The quantitative estimate of drug-likeness (QED) is 0.854. The average Bonchev–Trinajstić information content (AvgIpc) is 2.76. The molecule has 0 spiro atoms. The monoisotopic (exact) mass is 276 g/mol. The average molecular weight is 276 g/mol.